The lowest BCUT2D eigenvalue weighted by molar-refractivity contribution is 0.103. The molecule has 0 fully saturated rings. The van der Waals surface area contributed by atoms with Crippen molar-refractivity contribution in [1.82, 2.24) is 0 Å². The zero-order chi connectivity index (χ0) is 13.5. The second kappa shape index (κ2) is 6.71. The number of hydrogen-bond acceptors (Lipinski definition) is 3. The second-order valence-electron chi connectivity index (χ2n) is 4.31. The van der Waals surface area contributed by atoms with Crippen LogP contribution in [0.2, 0.25) is 0 Å². The first kappa shape index (κ1) is 13.3. The van der Waals surface area contributed by atoms with E-state index in [1.807, 2.05) is 54.6 Å². The molecule has 2 aromatic carbocycles. The molecule has 0 spiro atoms. The molecule has 0 aliphatic rings. The van der Waals surface area contributed by atoms with Gasteiger partial charge in [0, 0.05) is 23.4 Å². The molecule has 0 unspecified atom stereocenters. The van der Waals surface area contributed by atoms with Crippen molar-refractivity contribution < 1.29 is 4.79 Å². The molecule has 3 nitrogen and oxygen atoms in total. The monoisotopic (exact) mass is 254 g/mol. The SMILES string of the molecule is NCCCNc1ccccc1C(=O)c1ccccc1. The van der Waals surface area contributed by atoms with Crippen LogP contribution in [0.1, 0.15) is 22.3 Å². The van der Waals surface area contributed by atoms with E-state index in [1.165, 1.54) is 0 Å². The molecule has 2 aromatic rings. The van der Waals surface area contributed by atoms with Crippen molar-refractivity contribution in [2.75, 3.05) is 18.4 Å². The van der Waals surface area contributed by atoms with E-state index in [4.69, 9.17) is 5.73 Å². The summed E-state index contributed by atoms with van der Waals surface area (Å²) in [6.45, 7) is 1.41. The number of anilines is 1. The van der Waals surface area contributed by atoms with E-state index in [9.17, 15) is 4.79 Å². The van der Waals surface area contributed by atoms with Crippen molar-refractivity contribution in [1.29, 1.82) is 0 Å². The van der Waals surface area contributed by atoms with Gasteiger partial charge in [-0.05, 0) is 25.1 Å². The first-order valence-electron chi connectivity index (χ1n) is 6.45. The highest BCUT2D eigenvalue weighted by atomic mass is 16.1. The van der Waals surface area contributed by atoms with Crippen molar-refractivity contribution in [3.05, 3.63) is 65.7 Å². The van der Waals surface area contributed by atoms with Gasteiger partial charge in [-0.2, -0.15) is 0 Å². The number of carbonyl (C=O) groups is 1. The minimum atomic E-state index is 0.0384. The van der Waals surface area contributed by atoms with Gasteiger partial charge in [0.2, 0.25) is 0 Å². The third kappa shape index (κ3) is 3.42. The van der Waals surface area contributed by atoms with Crippen molar-refractivity contribution >= 4 is 11.5 Å². The molecule has 0 aromatic heterocycles. The largest absolute Gasteiger partial charge is 0.384 e. The Bertz CT molecular complexity index is 537. The average Bonchev–Trinajstić information content (AvgIpc) is 2.48. The molecular formula is C16H18N2O. The van der Waals surface area contributed by atoms with E-state index in [1.54, 1.807) is 0 Å². The summed E-state index contributed by atoms with van der Waals surface area (Å²) in [5, 5.41) is 3.26. The number of rotatable bonds is 6. The molecule has 0 saturated carbocycles. The van der Waals surface area contributed by atoms with E-state index in [0.717, 1.165) is 18.7 Å². The Labute approximate surface area is 113 Å². The summed E-state index contributed by atoms with van der Waals surface area (Å²) in [5.41, 5.74) is 7.74. The Kier molecular flexibility index (Phi) is 4.70. The van der Waals surface area contributed by atoms with Crippen LogP contribution in [-0.2, 0) is 0 Å². The fourth-order valence-corrected chi connectivity index (χ4v) is 1.91. The first-order chi connectivity index (χ1) is 9.33. The molecule has 98 valence electrons. The van der Waals surface area contributed by atoms with Crippen LogP contribution in [-0.4, -0.2) is 18.9 Å². The summed E-state index contributed by atoms with van der Waals surface area (Å²) in [4.78, 5) is 12.4. The second-order valence-corrected chi connectivity index (χ2v) is 4.31. The van der Waals surface area contributed by atoms with Gasteiger partial charge in [-0.1, -0.05) is 42.5 Å². The Morgan fingerprint density at radius 2 is 1.68 bits per heavy atom. The molecular weight excluding hydrogens is 236 g/mol. The van der Waals surface area contributed by atoms with E-state index < -0.39 is 0 Å². The summed E-state index contributed by atoms with van der Waals surface area (Å²) >= 11 is 0. The maximum absolute atomic E-state index is 12.4. The number of benzene rings is 2. The zero-order valence-corrected chi connectivity index (χ0v) is 10.8. The maximum Gasteiger partial charge on any atom is 0.195 e. The smallest absolute Gasteiger partial charge is 0.195 e. The zero-order valence-electron chi connectivity index (χ0n) is 10.8. The minimum absolute atomic E-state index is 0.0384. The van der Waals surface area contributed by atoms with Crippen LogP contribution in [0.5, 0.6) is 0 Å². The minimum Gasteiger partial charge on any atom is -0.384 e. The lowest BCUT2D eigenvalue weighted by Gasteiger charge is -2.10. The van der Waals surface area contributed by atoms with Crippen molar-refractivity contribution in [3.63, 3.8) is 0 Å². The standard InChI is InChI=1S/C16H18N2O/c17-11-6-12-18-15-10-5-4-9-14(15)16(19)13-7-2-1-3-8-13/h1-5,7-10,18H,6,11-12,17H2. The number of nitrogens with two attached hydrogens (primary N) is 1. The van der Waals surface area contributed by atoms with Crippen molar-refractivity contribution in [2.45, 2.75) is 6.42 Å². The topological polar surface area (TPSA) is 55.1 Å². The fourth-order valence-electron chi connectivity index (χ4n) is 1.91. The van der Waals surface area contributed by atoms with Gasteiger partial charge in [0.15, 0.2) is 5.78 Å². The maximum atomic E-state index is 12.4. The number of carbonyl (C=O) groups excluding carboxylic acids is 1. The lowest BCUT2D eigenvalue weighted by Crippen LogP contribution is -2.11. The van der Waals surface area contributed by atoms with E-state index >= 15 is 0 Å². The molecule has 19 heavy (non-hydrogen) atoms. The Hall–Kier alpha value is -2.13. The van der Waals surface area contributed by atoms with E-state index in [2.05, 4.69) is 5.32 Å². The number of hydrogen-bond donors (Lipinski definition) is 2. The van der Waals surface area contributed by atoms with Crippen molar-refractivity contribution in [3.8, 4) is 0 Å². The van der Waals surface area contributed by atoms with Crippen LogP contribution in [0, 0.1) is 0 Å². The van der Waals surface area contributed by atoms with Crippen LogP contribution < -0.4 is 11.1 Å². The van der Waals surface area contributed by atoms with Crippen LogP contribution >= 0.6 is 0 Å². The highest BCUT2D eigenvalue weighted by molar-refractivity contribution is 6.12. The molecule has 0 amide bonds. The van der Waals surface area contributed by atoms with Crippen LogP contribution in [0.4, 0.5) is 5.69 Å². The summed E-state index contributed by atoms with van der Waals surface area (Å²) in [6.07, 6.45) is 0.883. The highest BCUT2D eigenvalue weighted by Crippen LogP contribution is 2.19. The van der Waals surface area contributed by atoms with Gasteiger partial charge in [-0.15, -0.1) is 0 Å². The van der Waals surface area contributed by atoms with Gasteiger partial charge in [-0.25, -0.2) is 0 Å². The fraction of sp³-hybridized carbons (Fsp3) is 0.188. The molecule has 0 atom stereocenters. The average molecular weight is 254 g/mol. The van der Waals surface area contributed by atoms with E-state index in [-0.39, 0.29) is 5.78 Å². The molecule has 0 bridgehead atoms. The van der Waals surface area contributed by atoms with Gasteiger partial charge in [0.25, 0.3) is 0 Å². The van der Waals surface area contributed by atoms with Gasteiger partial charge >= 0.3 is 0 Å². The predicted molar refractivity (Wildman–Crippen MR) is 78.5 cm³/mol. The normalized spacial score (nSPS) is 10.2. The van der Waals surface area contributed by atoms with Gasteiger partial charge in [-0.3, -0.25) is 4.79 Å². The number of nitrogens with one attached hydrogen (secondary N) is 1. The molecule has 3 N–H and O–H groups in total. The van der Waals surface area contributed by atoms with Gasteiger partial charge < -0.3 is 11.1 Å². The first-order valence-corrected chi connectivity index (χ1v) is 6.45. The van der Waals surface area contributed by atoms with Crippen LogP contribution in [0.3, 0.4) is 0 Å². The Morgan fingerprint density at radius 3 is 2.42 bits per heavy atom. The third-order valence-electron chi connectivity index (χ3n) is 2.90. The number of para-hydroxylation sites is 1. The summed E-state index contributed by atoms with van der Waals surface area (Å²) in [6, 6.07) is 16.9. The molecule has 0 radical (unpaired) electrons. The molecule has 0 heterocycles. The molecule has 2 rings (SSSR count). The van der Waals surface area contributed by atoms with E-state index in [0.29, 0.717) is 17.7 Å². The predicted octanol–water partition coefficient (Wildman–Crippen LogP) is 2.68. The highest BCUT2D eigenvalue weighted by Gasteiger charge is 2.12. The van der Waals surface area contributed by atoms with Gasteiger partial charge in [0.05, 0.1) is 0 Å². The Balaban J connectivity index is 2.22. The summed E-state index contributed by atoms with van der Waals surface area (Å²) < 4.78 is 0. The third-order valence-corrected chi connectivity index (χ3v) is 2.90. The lowest BCUT2D eigenvalue weighted by atomic mass is 10.0. The molecule has 0 aliphatic carbocycles. The Morgan fingerprint density at radius 1 is 1.00 bits per heavy atom. The van der Waals surface area contributed by atoms with Gasteiger partial charge in [0.1, 0.15) is 0 Å². The van der Waals surface area contributed by atoms with Crippen molar-refractivity contribution in [2.24, 2.45) is 5.73 Å². The van der Waals surface area contributed by atoms with Crippen LogP contribution in [0.25, 0.3) is 0 Å². The quantitative estimate of drug-likeness (QED) is 0.615. The molecule has 0 aliphatic heterocycles. The summed E-state index contributed by atoms with van der Waals surface area (Å²) in [7, 11) is 0. The van der Waals surface area contributed by atoms with Crippen LogP contribution in [0.15, 0.2) is 54.6 Å². The molecule has 3 heteroatoms. The summed E-state index contributed by atoms with van der Waals surface area (Å²) in [5.74, 6) is 0.0384. The molecule has 0 saturated heterocycles. The number of ketones is 1.